The van der Waals surface area contributed by atoms with Crippen molar-refractivity contribution in [1.82, 2.24) is 4.98 Å². The molecule has 3 rings (SSSR count). The maximum atomic E-state index is 12.4. The normalized spacial score (nSPS) is 10.7. The summed E-state index contributed by atoms with van der Waals surface area (Å²) in [5.74, 6) is 0.450. The number of hydrogen-bond donors (Lipinski definition) is 2. The second-order valence-corrected chi connectivity index (χ2v) is 9.68. The summed E-state index contributed by atoms with van der Waals surface area (Å²) < 4.78 is 11.7. The number of aromatic nitrogens is 1. The number of nitrogens with one attached hydrogen (secondary N) is 1. The van der Waals surface area contributed by atoms with Crippen LogP contribution >= 0.6 is 0 Å². The number of carboxylic acid groups (broad SMARTS) is 1. The van der Waals surface area contributed by atoms with Crippen molar-refractivity contribution in [2.45, 2.75) is 77.6 Å². The van der Waals surface area contributed by atoms with Gasteiger partial charge >= 0.3 is 5.97 Å². The van der Waals surface area contributed by atoms with Crippen molar-refractivity contribution >= 4 is 17.6 Å². The molecular weight excluding hydrogens is 492 g/mol. The Hall–Kier alpha value is -3.87. The van der Waals surface area contributed by atoms with Gasteiger partial charge in [0.2, 0.25) is 11.8 Å². The van der Waals surface area contributed by atoms with Gasteiger partial charge in [-0.25, -0.2) is 9.78 Å². The number of rotatable bonds is 18. The molecule has 0 fully saturated rings. The largest absolute Gasteiger partial charge is 0.494 e. The Balaban J connectivity index is 1.33. The van der Waals surface area contributed by atoms with Crippen molar-refractivity contribution in [1.29, 1.82) is 0 Å². The third-order valence-electron chi connectivity index (χ3n) is 6.41. The molecule has 39 heavy (non-hydrogen) atoms. The number of anilines is 1. The zero-order chi connectivity index (χ0) is 27.7. The summed E-state index contributed by atoms with van der Waals surface area (Å²) in [6.45, 7) is 2.97. The molecule has 0 radical (unpaired) electrons. The van der Waals surface area contributed by atoms with Crippen LogP contribution in [0.3, 0.4) is 0 Å². The smallest absolute Gasteiger partial charge is 0.337 e. The van der Waals surface area contributed by atoms with E-state index in [0.717, 1.165) is 18.8 Å². The molecule has 1 amide bonds. The molecule has 0 saturated carbocycles. The second-order valence-electron chi connectivity index (χ2n) is 9.68. The number of carbonyl (C=O) groups is 2. The second kappa shape index (κ2) is 16.9. The number of nitrogens with zero attached hydrogens (tertiary/aromatic N) is 1. The van der Waals surface area contributed by atoms with Crippen molar-refractivity contribution < 1.29 is 24.2 Å². The Bertz CT molecular complexity index is 1150. The molecule has 0 spiro atoms. The van der Waals surface area contributed by atoms with E-state index < -0.39 is 5.97 Å². The van der Waals surface area contributed by atoms with E-state index in [9.17, 15) is 14.7 Å². The Morgan fingerprint density at radius 1 is 0.795 bits per heavy atom. The van der Waals surface area contributed by atoms with E-state index in [0.29, 0.717) is 17.2 Å². The zero-order valence-electron chi connectivity index (χ0n) is 22.9. The first-order chi connectivity index (χ1) is 19.0. The van der Waals surface area contributed by atoms with E-state index in [-0.39, 0.29) is 23.6 Å². The van der Waals surface area contributed by atoms with Crippen LogP contribution in [0.1, 0.15) is 87.1 Å². The van der Waals surface area contributed by atoms with Crippen molar-refractivity contribution in [3.63, 3.8) is 0 Å². The third kappa shape index (κ3) is 11.2. The lowest BCUT2D eigenvalue weighted by atomic mass is 10.1. The SMILES string of the molecule is CCCCCCCCCCCCOc1ccc(Oc2ccc(CC(=O)Nc3ccccc3C(=O)O)cn2)cc1. The van der Waals surface area contributed by atoms with Gasteiger partial charge in [0.25, 0.3) is 0 Å². The van der Waals surface area contributed by atoms with Crippen LogP contribution in [-0.4, -0.2) is 28.6 Å². The molecule has 0 saturated heterocycles. The summed E-state index contributed by atoms with van der Waals surface area (Å²) in [5.41, 5.74) is 0.991. The van der Waals surface area contributed by atoms with Crippen molar-refractivity contribution in [2.24, 2.45) is 0 Å². The maximum absolute atomic E-state index is 12.4. The highest BCUT2D eigenvalue weighted by atomic mass is 16.5. The first-order valence-electron chi connectivity index (χ1n) is 14.0. The lowest BCUT2D eigenvalue weighted by Crippen LogP contribution is -2.16. The third-order valence-corrected chi connectivity index (χ3v) is 6.41. The average molecular weight is 533 g/mol. The predicted octanol–water partition coefficient (Wildman–Crippen LogP) is 8.05. The Morgan fingerprint density at radius 3 is 2.08 bits per heavy atom. The van der Waals surface area contributed by atoms with Gasteiger partial charge in [-0.1, -0.05) is 82.9 Å². The summed E-state index contributed by atoms with van der Waals surface area (Å²) in [7, 11) is 0. The minimum absolute atomic E-state index is 0.0444. The summed E-state index contributed by atoms with van der Waals surface area (Å²) in [5, 5.41) is 11.9. The molecule has 0 bridgehead atoms. The first kappa shape index (κ1) is 29.7. The summed E-state index contributed by atoms with van der Waals surface area (Å²) in [6.07, 6.45) is 14.7. The highest BCUT2D eigenvalue weighted by molar-refractivity contribution is 6.00. The number of carbonyl (C=O) groups excluding carboxylic acids is 1. The lowest BCUT2D eigenvalue weighted by Gasteiger charge is -2.09. The van der Waals surface area contributed by atoms with Crippen LogP contribution in [0.2, 0.25) is 0 Å². The molecule has 7 nitrogen and oxygen atoms in total. The number of aromatic carboxylic acids is 1. The quantitative estimate of drug-likeness (QED) is 0.161. The number of amides is 1. The molecule has 208 valence electrons. The fourth-order valence-electron chi connectivity index (χ4n) is 4.24. The van der Waals surface area contributed by atoms with Crippen LogP contribution < -0.4 is 14.8 Å². The number of unbranched alkanes of at least 4 members (excludes halogenated alkanes) is 9. The molecule has 0 aliphatic carbocycles. The molecule has 0 atom stereocenters. The van der Waals surface area contributed by atoms with E-state index in [1.54, 1.807) is 36.5 Å². The maximum Gasteiger partial charge on any atom is 0.337 e. The predicted molar refractivity (Wildman–Crippen MR) is 154 cm³/mol. The monoisotopic (exact) mass is 532 g/mol. The van der Waals surface area contributed by atoms with Crippen LogP contribution in [0.25, 0.3) is 0 Å². The molecule has 2 aromatic carbocycles. The number of benzene rings is 2. The van der Waals surface area contributed by atoms with Gasteiger partial charge in [0.15, 0.2) is 0 Å². The molecule has 3 aromatic rings. The van der Waals surface area contributed by atoms with Gasteiger partial charge in [0, 0.05) is 12.3 Å². The minimum atomic E-state index is -1.09. The van der Waals surface area contributed by atoms with Crippen molar-refractivity contribution in [3.8, 4) is 17.4 Å². The lowest BCUT2D eigenvalue weighted by molar-refractivity contribution is -0.115. The molecular formula is C32H40N2O5. The van der Waals surface area contributed by atoms with Crippen LogP contribution in [0.5, 0.6) is 17.4 Å². The number of pyridine rings is 1. The van der Waals surface area contributed by atoms with E-state index in [4.69, 9.17) is 9.47 Å². The summed E-state index contributed by atoms with van der Waals surface area (Å²) >= 11 is 0. The van der Waals surface area contributed by atoms with Gasteiger partial charge in [-0.2, -0.15) is 0 Å². The van der Waals surface area contributed by atoms with Gasteiger partial charge in [0.1, 0.15) is 11.5 Å². The number of carboxylic acids is 1. The minimum Gasteiger partial charge on any atom is -0.494 e. The van der Waals surface area contributed by atoms with Crippen LogP contribution in [0.4, 0.5) is 5.69 Å². The average Bonchev–Trinajstić information content (AvgIpc) is 2.94. The van der Waals surface area contributed by atoms with Crippen LogP contribution in [0.15, 0.2) is 66.9 Å². The number of ether oxygens (including phenoxy) is 2. The van der Waals surface area contributed by atoms with Crippen molar-refractivity contribution in [3.05, 3.63) is 78.0 Å². The molecule has 0 unspecified atom stereocenters. The van der Waals surface area contributed by atoms with Crippen molar-refractivity contribution in [2.75, 3.05) is 11.9 Å². The first-order valence-corrected chi connectivity index (χ1v) is 14.0. The topological polar surface area (TPSA) is 97.8 Å². The van der Waals surface area contributed by atoms with E-state index in [1.807, 2.05) is 24.3 Å². The summed E-state index contributed by atoms with van der Waals surface area (Å²) in [6, 6.07) is 17.2. The molecule has 1 heterocycles. The Morgan fingerprint density at radius 2 is 1.44 bits per heavy atom. The fourth-order valence-corrected chi connectivity index (χ4v) is 4.24. The summed E-state index contributed by atoms with van der Waals surface area (Å²) in [4.78, 5) is 28.0. The Kier molecular flexibility index (Phi) is 12.8. The van der Waals surface area contributed by atoms with Gasteiger partial charge < -0.3 is 19.9 Å². The zero-order valence-corrected chi connectivity index (χ0v) is 22.9. The van der Waals surface area contributed by atoms with E-state index in [2.05, 4.69) is 17.2 Å². The fraction of sp³-hybridized carbons (Fsp3) is 0.406. The van der Waals surface area contributed by atoms with Crippen LogP contribution in [-0.2, 0) is 11.2 Å². The standard InChI is InChI=1S/C32H40N2O5/c1-2-3-4-5-6-7-8-9-10-13-22-38-26-17-19-27(20-18-26)39-31-21-16-25(24-33-31)23-30(35)34-29-15-12-11-14-28(29)32(36)37/h11-12,14-21,24H,2-10,13,22-23H2,1H3,(H,34,35)(H,36,37). The van der Waals surface area contributed by atoms with Gasteiger partial charge in [-0.05, 0) is 48.4 Å². The molecule has 2 N–H and O–H groups in total. The molecule has 7 heteroatoms. The van der Waals surface area contributed by atoms with Gasteiger partial charge in [0.05, 0.1) is 24.3 Å². The van der Waals surface area contributed by atoms with Gasteiger partial charge in [-0.3, -0.25) is 4.79 Å². The number of para-hydroxylation sites is 1. The molecule has 1 aromatic heterocycles. The van der Waals surface area contributed by atoms with Crippen LogP contribution in [0, 0.1) is 0 Å². The van der Waals surface area contributed by atoms with E-state index in [1.165, 1.54) is 63.9 Å². The number of hydrogen-bond acceptors (Lipinski definition) is 5. The highest BCUT2D eigenvalue weighted by Crippen LogP contribution is 2.23. The van der Waals surface area contributed by atoms with Gasteiger partial charge in [-0.15, -0.1) is 0 Å². The Labute approximate surface area is 231 Å². The van der Waals surface area contributed by atoms with E-state index >= 15 is 0 Å². The highest BCUT2D eigenvalue weighted by Gasteiger charge is 2.12. The molecule has 0 aliphatic heterocycles. The molecule has 0 aliphatic rings.